The molecule has 1 aliphatic heterocycles. The summed E-state index contributed by atoms with van der Waals surface area (Å²) < 4.78 is 32.6. The number of ether oxygens (including phenoxy) is 6. The quantitative estimate of drug-likeness (QED) is 0.153. The van der Waals surface area contributed by atoms with Gasteiger partial charge < -0.3 is 28.4 Å². The van der Waals surface area contributed by atoms with E-state index in [2.05, 4.69) is 0 Å². The van der Waals surface area contributed by atoms with E-state index in [1.807, 2.05) is 0 Å². The van der Waals surface area contributed by atoms with Crippen LogP contribution in [-0.2, 0) is 48.7 Å². The Kier molecular flexibility index (Phi) is 9.78. The number of hydrogen-bond acceptors (Lipinski definition) is 12. The third kappa shape index (κ3) is 7.79. The first kappa shape index (κ1) is 27.8. The maximum Gasteiger partial charge on any atom is 0.303 e. The predicted molar refractivity (Wildman–Crippen MR) is 115 cm³/mol. The number of nitrogens with zero attached hydrogens (tertiary/aromatic N) is 1. The minimum atomic E-state index is -1.49. The number of esters is 4. The minimum absolute atomic E-state index is 0.0477. The topological polar surface area (TPSA) is 167 Å². The summed E-state index contributed by atoms with van der Waals surface area (Å²) in [7, 11) is 0. The highest BCUT2D eigenvalue weighted by Gasteiger charge is 2.53. The van der Waals surface area contributed by atoms with Gasteiger partial charge in [0, 0.05) is 45.4 Å². The van der Waals surface area contributed by atoms with Crippen molar-refractivity contribution in [3.63, 3.8) is 0 Å². The molecule has 0 radical (unpaired) electrons. The highest BCUT2D eigenvalue weighted by molar-refractivity contribution is 6.17. The molecule has 1 fully saturated rings. The molecule has 1 aromatic rings. The number of non-ortho nitro benzene ring substituents is 1. The van der Waals surface area contributed by atoms with Gasteiger partial charge >= 0.3 is 23.9 Å². The molecule has 14 heteroatoms. The molecule has 1 aromatic carbocycles. The summed E-state index contributed by atoms with van der Waals surface area (Å²) in [5.41, 5.74) is -0.0248. The van der Waals surface area contributed by atoms with Crippen molar-refractivity contribution in [2.24, 2.45) is 0 Å². The van der Waals surface area contributed by atoms with Crippen LogP contribution in [0.1, 0.15) is 33.3 Å². The molecule has 0 amide bonds. The lowest BCUT2D eigenvalue weighted by molar-refractivity contribution is -0.385. The van der Waals surface area contributed by atoms with Crippen molar-refractivity contribution in [2.45, 2.75) is 64.3 Å². The molecule has 0 bridgehead atoms. The summed E-state index contributed by atoms with van der Waals surface area (Å²) in [5.74, 6) is -3.17. The van der Waals surface area contributed by atoms with Gasteiger partial charge in [-0.05, 0) is 6.07 Å². The van der Waals surface area contributed by atoms with Crippen LogP contribution in [0.2, 0.25) is 0 Å². The van der Waals surface area contributed by atoms with Crippen LogP contribution in [0, 0.1) is 10.1 Å². The molecule has 13 nitrogen and oxygen atoms in total. The van der Waals surface area contributed by atoms with Crippen molar-refractivity contribution in [1.29, 1.82) is 0 Å². The zero-order valence-corrected chi connectivity index (χ0v) is 20.0. The molecule has 5 atom stereocenters. The van der Waals surface area contributed by atoms with Gasteiger partial charge in [-0.2, -0.15) is 0 Å². The average Bonchev–Trinajstić information content (AvgIpc) is 2.75. The summed E-state index contributed by atoms with van der Waals surface area (Å²) in [6.45, 7) is 3.99. The Hall–Kier alpha value is -3.45. The highest BCUT2D eigenvalue weighted by atomic mass is 35.5. The molecule has 1 heterocycles. The minimum Gasteiger partial charge on any atom is -0.463 e. The van der Waals surface area contributed by atoms with Crippen molar-refractivity contribution in [1.82, 2.24) is 0 Å². The Labute approximate surface area is 204 Å². The lowest BCUT2D eigenvalue weighted by atomic mass is 9.98. The molecule has 35 heavy (non-hydrogen) atoms. The predicted octanol–water partition coefficient (Wildman–Crippen LogP) is 1.80. The van der Waals surface area contributed by atoms with E-state index in [4.69, 9.17) is 40.0 Å². The second-order valence-electron chi connectivity index (χ2n) is 7.37. The number of halogens is 1. The van der Waals surface area contributed by atoms with Crippen LogP contribution in [-0.4, -0.2) is 66.1 Å². The van der Waals surface area contributed by atoms with Crippen LogP contribution in [0.4, 0.5) is 5.69 Å². The maximum absolute atomic E-state index is 11.9. The number of carbonyl (C=O) groups is 4. The number of carbonyl (C=O) groups excluding carboxylic acids is 4. The fourth-order valence-electron chi connectivity index (χ4n) is 3.31. The van der Waals surface area contributed by atoms with Gasteiger partial charge in [0.15, 0.2) is 12.2 Å². The molecule has 2 rings (SSSR count). The Balaban J connectivity index is 2.52. The summed E-state index contributed by atoms with van der Waals surface area (Å²) >= 11 is 5.93. The monoisotopic (exact) mass is 517 g/mol. The zero-order valence-electron chi connectivity index (χ0n) is 19.3. The molecule has 0 N–H and O–H groups in total. The van der Waals surface area contributed by atoms with E-state index < -0.39 is 66.1 Å². The van der Waals surface area contributed by atoms with Crippen LogP contribution in [0.25, 0.3) is 0 Å². The summed E-state index contributed by atoms with van der Waals surface area (Å²) in [6, 6.07) is 3.62. The van der Waals surface area contributed by atoms with Crippen molar-refractivity contribution >= 4 is 41.2 Å². The van der Waals surface area contributed by atoms with Crippen molar-refractivity contribution in [3.8, 4) is 5.75 Å². The molecule has 1 saturated heterocycles. The van der Waals surface area contributed by atoms with E-state index in [-0.39, 0.29) is 22.9 Å². The fraction of sp³-hybridized carbons (Fsp3) is 0.524. The normalized spacial score (nSPS) is 23.5. The second-order valence-corrected chi connectivity index (χ2v) is 7.64. The number of nitro benzene ring substituents is 1. The van der Waals surface area contributed by atoms with E-state index in [0.717, 1.165) is 33.8 Å². The van der Waals surface area contributed by atoms with Crippen molar-refractivity contribution < 1.29 is 52.5 Å². The van der Waals surface area contributed by atoms with Gasteiger partial charge in [0.05, 0.1) is 10.8 Å². The number of alkyl halides is 1. The Morgan fingerprint density at radius 2 is 1.51 bits per heavy atom. The molecule has 0 saturated carbocycles. The van der Waals surface area contributed by atoms with Gasteiger partial charge in [0.25, 0.3) is 5.69 Å². The number of nitro groups is 1. The SMILES string of the molecule is CC(=O)OC[C@H]1O[C@@H](Oc2ccc([N+](=O)[O-])cc2CCl)[C@H](OC(C)=O)[C@@H](OC(C)=O)[C@H]1OC(C)=O. The molecular formula is C21H24ClNO12. The lowest BCUT2D eigenvalue weighted by Crippen LogP contribution is -2.63. The van der Waals surface area contributed by atoms with E-state index in [0.29, 0.717) is 0 Å². The van der Waals surface area contributed by atoms with Crippen molar-refractivity contribution in [2.75, 3.05) is 6.61 Å². The van der Waals surface area contributed by atoms with Crippen LogP contribution in [0.15, 0.2) is 18.2 Å². The molecule has 0 aliphatic carbocycles. The van der Waals surface area contributed by atoms with E-state index in [1.54, 1.807) is 0 Å². The first-order valence-electron chi connectivity index (χ1n) is 10.2. The van der Waals surface area contributed by atoms with Crippen molar-refractivity contribution in [3.05, 3.63) is 33.9 Å². The average molecular weight is 518 g/mol. The third-order valence-corrected chi connectivity index (χ3v) is 4.88. The molecule has 192 valence electrons. The van der Waals surface area contributed by atoms with Crippen LogP contribution in [0.5, 0.6) is 5.75 Å². The maximum atomic E-state index is 11.9. The smallest absolute Gasteiger partial charge is 0.303 e. The van der Waals surface area contributed by atoms with Crippen LogP contribution in [0.3, 0.4) is 0 Å². The highest BCUT2D eigenvalue weighted by Crippen LogP contribution is 2.33. The molecule has 1 aliphatic rings. The van der Waals surface area contributed by atoms with Gasteiger partial charge in [-0.25, -0.2) is 0 Å². The number of benzene rings is 1. The van der Waals surface area contributed by atoms with Crippen LogP contribution < -0.4 is 4.74 Å². The number of hydrogen-bond donors (Lipinski definition) is 0. The molecule has 0 aromatic heterocycles. The van der Waals surface area contributed by atoms with Gasteiger partial charge in [-0.1, -0.05) is 0 Å². The first-order valence-corrected chi connectivity index (χ1v) is 10.8. The fourth-order valence-corrected chi connectivity index (χ4v) is 3.52. The third-order valence-electron chi connectivity index (χ3n) is 4.59. The molecule has 0 spiro atoms. The Morgan fingerprint density at radius 1 is 0.943 bits per heavy atom. The summed E-state index contributed by atoms with van der Waals surface area (Å²) in [4.78, 5) is 57.4. The van der Waals surface area contributed by atoms with Gasteiger partial charge in [-0.15, -0.1) is 11.6 Å². The first-order chi connectivity index (χ1) is 16.4. The lowest BCUT2D eigenvalue weighted by Gasteiger charge is -2.44. The zero-order chi connectivity index (χ0) is 26.3. The van der Waals surface area contributed by atoms with Gasteiger partial charge in [0.1, 0.15) is 18.5 Å². The van der Waals surface area contributed by atoms with E-state index >= 15 is 0 Å². The molecule has 0 unspecified atom stereocenters. The van der Waals surface area contributed by atoms with E-state index in [9.17, 15) is 29.3 Å². The number of rotatable bonds is 9. The standard InChI is InChI=1S/C21H24ClNO12/c1-10(24)30-9-17-18(31-11(2)25)19(32-12(3)26)20(33-13(4)27)21(35-17)34-16-6-5-15(23(28)29)7-14(16)8-22/h5-7,17-21H,8-9H2,1-4H3/t17-,18+,19+,20-,21-/m1/s1. The van der Waals surface area contributed by atoms with Gasteiger partial charge in [-0.3, -0.25) is 29.3 Å². The molecular weight excluding hydrogens is 494 g/mol. The Bertz CT molecular complexity index is 983. The largest absolute Gasteiger partial charge is 0.463 e. The summed E-state index contributed by atoms with van der Waals surface area (Å²) in [5, 5.41) is 11.1. The summed E-state index contributed by atoms with van der Waals surface area (Å²) in [6.07, 6.45) is -6.91. The second kappa shape index (κ2) is 12.3. The van der Waals surface area contributed by atoms with Crippen LogP contribution >= 0.6 is 11.6 Å². The Morgan fingerprint density at radius 3 is 2.03 bits per heavy atom. The van der Waals surface area contributed by atoms with Gasteiger partial charge in [0.2, 0.25) is 12.4 Å². The van der Waals surface area contributed by atoms with E-state index in [1.165, 1.54) is 12.1 Å².